The van der Waals surface area contributed by atoms with Crippen LogP contribution in [0.5, 0.6) is 0 Å². The summed E-state index contributed by atoms with van der Waals surface area (Å²) in [7, 11) is 2.08. The van der Waals surface area contributed by atoms with Crippen molar-refractivity contribution in [3.8, 4) is 6.07 Å². The van der Waals surface area contributed by atoms with Crippen LogP contribution in [0.25, 0.3) is 0 Å². The molecule has 0 radical (unpaired) electrons. The molecule has 0 bridgehead atoms. The monoisotopic (exact) mass is 181 g/mol. The van der Waals surface area contributed by atoms with E-state index >= 15 is 0 Å². The molecule has 1 N–H and O–H groups in total. The van der Waals surface area contributed by atoms with Gasteiger partial charge in [0.1, 0.15) is 0 Å². The Morgan fingerprint density at radius 3 is 3.15 bits per heavy atom. The van der Waals surface area contributed by atoms with Crippen molar-refractivity contribution in [2.75, 3.05) is 26.7 Å². The van der Waals surface area contributed by atoms with Crippen LogP contribution in [-0.4, -0.2) is 37.5 Å². The minimum absolute atomic E-state index is 0.510. The molecule has 0 aromatic heterocycles. The van der Waals surface area contributed by atoms with Gasteiger partial charge in [0, 0.05) is 13.1 Å². The molecule has 0 spiro atoms. The highest BCUT2D eigenvalue weighted by Gasteiger charge is 2.17. The molecule has 0 saturated carbocycles. The van der Waals surface area contributed by atoms with Gasteiger partial charge in [-0.05, 0) is 32.4 Å². The Balaban J connectivity index is 2.21. The number of piperidine rings is 1. The third kappa shape index (κ3) is 3.43. The minimum atomic E-state index is -0.520. The summed E-state index contributed by atoms with van der Waals surface area (Å²) >= 11 is 0. The number of amides is 1. The molecule has 0 aromatic carbocycles. The number of rotatable bonds is 2. The Morgan fingerprint density at radius 1 is 1.77 bits per heavy atom. The maximum atomic E-state index is 10.7. The molecule has 1 heterocycles. The highest BCUT2D eigenvalue weighted by Crippen LogP contribution is 2.13. The van der Waals surface area contributed by atoms with Gasteiger partial charge in [0.2, 0.25) is 0 Å². The van der Waals surface area contributed by atoms with Gasteiger partial charge in [0.25, 0.3) is 0 Å². The topological polar surface area (TPSA) is 56.1 Å². The van der Waals surface area contributed by atoms with Gasteiger partial charge in [-0.15, -0.1) is 0 Å². The zero-order valence-electron chi connectivity index (χ0n) is 7.92. The largest absolute Gasteiger partial charge is 0.343 e. The standard InChI is InChI=1S/C9H15N3O/c1-12-4-2-3-8(7-12)6-11-9(13)5-10/h8H,2-4,6-7H2,1H3,(H,11,13). The number of nitrogens with one attached hydrogen (secondary N) is 1. The number of likely N-dealkylation sites (tertiary alicyclic amines) is 1. The summed E-state index contributed by atoms with van der Waals surface area (Å²) < 4.78 is 0. The first-order valence-electron chi connectivity index (χ1n) is 4.59. The van der Waals surface area contributed by atoms with Gasteiger partial charge in [0.05, 0.1) is 0 Å². The second-order valence-corrected chi connectivity index (χ2v) is 3.59. The van der Waals surface area contributed by atoms with Crippen LogP contribution in [0.4, 0.5) is 0 Å². The molecule has 1 amide bonds. The van der Waals surface area contributed by atoms with Crippen LogP contribution >= 0.6 is 0 Å². The Bertz CT molecular complexity index is 221. The van der Waals surface area contributed by atoms with E-state index in [1.807, 2.05) is 0 Å². The fraction of sp³-hybridized carbons (Fsp3) is 0.778. The van der Waals surface area contributed by atoms with Gasteiger partial charge in [-0.1, -0.05) is 0 Å². The first kappa shape index (κ1) is 10.0. The maximum Gasteiger partial charge on any atom is 0.322 e. The Morgan fingerprint density at radius 2 is 2.54 bits per heavy atom. The molecular weight excluding hydrogens is 166 g/mol. The van der Waals surface area contributed by atoms with Crippen molar-refractivity contribution in [2.24, 2.45) is 5.92 Å². The number of nitrogens with zero attached hydrogens (tertiary/aromatic N) is 2. The van der Waals surface area contributed by atoms with Crippen LogP contribution in [0.2, 0.25) is 0 Å². The first-order chi connectivity index (χ1) is 6.22. The molecule has 72 valence electrons. The van der Waals surface area contributed by atoms with Gasteiger partial charge < -0.3 is 10.2 Å². The lowest BCUT2D eigenvalue weighted by molar-refractivity contribution is -0.116. The minimum Gasteiger partial charge on any atom is -0.343 e. The third-order valence-corrected chi connectivity index (χ3v) is 2.37. The Kier molecular flexibility index (Phi) is 3.71. The Hall–Kier alpha value is -1.08. The fourth-order valence-electron chi connectivity index (χ4n) is 1.72. The van der Waals surface area contributed by atoms with E-state index in [2.05, 4.69) is 17.3 Å². The highest BCUT2D eigenvalue weighted by atomic mass is 16.1. The lowest BCUT2D eigenvalue weighted by Gasteiger charge is -2.29. The zero-order chi connectivity index (χ0) is 9.68. The third-order valence-electron chi connectivity index (χ3n) is 2.37. The average molecular weight is 181 g/mol. The number of carbonyl (C=O) groups excluding carboxylic acids is 1. The van der Waals surface area contributed by atoms with E-state index in [9.17, 15) is 4.79 Å². The molecule has 1 unspecified atom stereocenters. The van der Waals surface area contributed by atoms with E-state index in [-0.39, 0.29) is 0 Å². The molecule has 4 heteroatoms. The normalized spacial score (nSPS) is 23.5. The van der Waals surface area contributed by atoms with Crippen molar-refractivity contribution in [1.82, 2.24) is 10.2 Å². The number of hydrogen-bond donors (Lipinski definition) is 1. The molecule has 0 aliphatic carbocycles. The van der Waals surface area contributed by atoms with Crippen molar-refractivity contribution < 1.29 is 4.79 Å². The first-order valence-corrected chi connectivity index (χ1v) is 4.59. The smallest absolute Gasteiger partial charge is 0.322 e. The summed E-state index contributed by atoms with van der Waals surface area (Å²) in [5.74, 6) is -0.00993. The summed E-state index contributed by atoms with van der Waals surface area (Å²) in [5.41, 5.74) is 0. The number of carbonyl (C=O) groups is 1. The fourth-order valence-corrected chi connectivity index (χ4v) is 1.72. The van der Waals surface area contributed by atoms with Gasteiger partial charge >= 0.3 is 5.91 Å². The van der Waals surface area contributed by atoms with Crippen LogP contribution in [0, 0.1) is 17.2 Å². The van der Waals surface area contributed by atoms with Gasteiger partial charge in [-0.25, -0.2) is 0 Å². The van der Waals surface area contributed by atoms with Crippen LogP contribution in [0.15, 0.2) is 0 Å². The average Bonchev–Trinajstić information content (AvgIpc) is 2.14. The van der Waals surface area contributed by atoms with Crippen molar-refractivity contribution >= 4 is 5.91 Å². The molecule has 13 heavy (non-hydrogen) atoms. The van der Waals surface area contributed by atoms with Crippen molar-refractivity contribution in [3.05, 3.63) is 0 Å². The molecule has 0 aromatic rings. The molecule has 1 saturated heterocycles. The Labute approximate surface area is 78.5 Å². The number of hydrogen-bond acceptors (Lipinski definition) is 3. The molecule has 1 rings (SSSR count). The predicted octanol–water partition coefficient (Wildman–Crippen LogP) is -0.0320. The summed E-state index contributed by atoms with van der Waals surface area (Å²) in [6.07, 6.45) is 2.33. The predicted molar refractivity (Wildman–Crippen MR) is 48.8 cm³/mol. The second-order valence-electron chi connectivity index (χ2n) is 3.59. The summed E-state index contributed by atoms with van der Waals surface area (Å²) in [6, 6.07) is 1.55. The maximum absolute atomic E-state index is 10.7. The lowest BCUT2D eigenvalue weighted by atomic mass is 9.98. The van der Waals surface area contributed by atoms with Crippen molar-refractivity contribution in [1.29, 1.82) is 5.26 Å². The molecule has 1 aliphatic heterocycles. The van der Waals surface area contributed by atoms with E-state index in [0.717, 1.165) is 19.5 Å². The molecule has 1 atom stereocenters. The van der Waals surface area contributed by atoms with Crippen molar-refractivity contribution in [3.63, 3.8) is 0 Å². The SMILES string of the molecule is CN1CCCC(CNC(=O)C#N)C1. The second kappa shape index (κ2) is 4.83. The molecule has 1 aliphatic rings. The van der Waals surface area contributed by atoms with Gasteiger partial charge in [-0.2, -0.15) is 5.26 Å². The zero-order valence-corrected chi connectivity index (χ0v) is 7.92. The quantitative estimate of drug-likeness (QED) is 0.608. The van der Waals surface area contributed by atoms with Crippen molar-refractivity contribution in [2.45, 2.75) is 12.8 Å². The summed E-state index contributed by atoms with van der Waals surface area (Å²) in [4.78, 5) is 12.9. The van der Waals surface area contributed by atoms with Gasteiger partial charge in [0.15, 0.2) is 6.07 Å². The summed E-state index contributed by atoms with van der Waals surface area (Å²) in [6.45, 7) is 2.80. The molecule has 1 fully saturated rings. The van der Waals surface area contributed by atoms with Crippen LogP contribution in [0.3, 0.4) is 0 Å². The number of nitriles is 1. The van der Waals surface area contributed by atoms with Crippen LogP contribution in [0.1, 0.15) is 12.8 Å². The lowest BCUT2D eigenvalue weighted by Crippen LogP contribution is -2.38. The van der Waals surface area contributed by atoms with E-state index in [1.165, 1.54) is 6.42 Å². The van der Waals surface area contributed by atoms with E-state index in [4.69, 9.17) is 5.26 Å². The molecule has 4 nitrogen and oxygen atoms in total. The van der Waals surface area contributed by atoms with Gasteiger partial charge in [-0.3, -0.25) is 4.79 Å². The highest BCUT2D eigenvalue weighted by molar-refractivity contribution is 5.91. The van der Waals surface area contributed by atoms with E-state index in [0.29, 0.717) is 12.5 Å². The summed E-state index contributed by atoms with van der Waals surface area (Å²) in [5, 5.41) is 10.8. The van der Waals surface area contributed by atoms with E-state index < -0.39 is 5.91 Å². The molecular formula is C9H15N3O. The van der Waals surface area contributed by atoms with E-state index in [1.54, 1.807) is 6.07 Å². The van der Waals surface area contributed by atoms with Crippen LogP contribution in [-0.2, 0) is 4.79 Å². The van der Waals surface area contributed by atoms with Crippen LogP contribution < -0.4 is 5.32 Å².